The molecule has 1 aromatic heterocycles. The highest BCUT2D eigenvalue weighted by atomic mass is 79.9. The van der Waals surface area contributed by atoms with Crippen LogP contribution in [0.2, 0.25) is 0 Å². The molecule has 1 aromatic carbocycles. The zero-order valence-corrected chi connectivity index (χ0v) is 13.6. The van der Waals surface area contributed by atoms with Gasteiger partial charge in [0.05, 0.1) is 16.5 Å². The Hall–Kier alpha value is -1.53. The Morgan fingerprint density at radius 3 is 2.80 bits per heavy atom. The number of ether oxygens (including phenoxy) is 1. The number of carbonyl (C=O) groups excluding carboxylic acids is 1. The van der Waals surface area contributed by atoms with E-state index in [1.54, 1.807) is 23.5 Å². The van der Waals surface area contributed by atoms with Crippen molar-refractivity contribution < 1.29 is 9.53 Å². The Balaban J connectivity index is 2.21. The van der Waals surface area contributed by atoms with Gasteiger partial charge in [-0.3, -0.25) is 0 Å². The number of rotatable bonds is 4. The first-order valence-electron chi connectivity index (χ1n) is 5.93. The monoisotopic (exact) mass is 354 g/mol. The second-order valence-corrected chi connectivity index (χ2v) is 6.67. The Labute approximate surface area is 130 Å². The Morgan fingerprint density at radius 1 is 1.45 bits per heavy atom. The van der Waals surface area contributed by atoms with Gasteiger partial charge in [-0.15, -0.1) is 11.3 Å². The molecule has 0 saturated carbocycles. The molecule has 0 amide bonds. The lowest BCUT2D eigenvalue weighted by atomic mass is 10.1. The van der Waals surface area contributed by atoms with E-state index in [0.717, 1.165) is 16.0 Å². The van der Waals surface area contributed by atoms with E-state index < -0.39 is 5.97 Å². The van der Waals surface area contributed by atoms with Crippen LogP contribution in [0.15, 0.2) is 33.4 Å². The summed E-state index contributed by atoms with van der Waals surface area (Å²) in [5.41, 5.74) is 8.74. The SMILES string of the molecule is COC(=O)c1cc(N(C)Cc2csc(Br)c2)ccc1N. The van der Waals surface area contributed by atoms with Crippen LogP contribution in [-0.2, 0) is 11.3 Å². The van der Waals surface area contributed by atoms with Gasteiger partial charge in [-0.05, 0) is 51.1 Å². The highest BCUT2D eigenvalue weighted by Crippen LogP contribution is 2.25. The van der Waals surface area contributed by atoms with Crippen molar-refractivity contribution in [1.82, 2.24) is 0 Å². The fourth-order valence-corrected chi connectivity index (χ4v) is 3.06. The minimum atomic E-state index is -0.420. The molecule has 4 nitrogen and oxygen atoms in total. The van der Waals surface area contributed by atoms with Crippen LogP contribution in [0.1, 0.15) is 15.9 Å². The van der Waals surface area contributed by atoms with Crippen LogP contribution in [-0.4, -0.2) is 20.1 Å². The quantitative estimate of drug-likeness (QED) is 0.674. The van der Waals surface area contributed by atoms with E-state index in [-0.39, 0.29) is 0 Å². The van der Waals surface area contributed by atoms with Crippen molar-refractivity contribution in [2.45, 2.75) is 6.54 Å². The van der Waals surface area contributed by atoms with Crippen LogP contribution >= 0.6 is 27.3 Å². The van der Waals surface area contributed by atoms with Gasteiger partial charge in [0.25, 0.3) is 0 Å². The van der Waals surface area contributed by atoms with Crippen LogP contribution in [0, 0.1) is 0 Å². The summed E-state index contributed by atoms with van der Waals surface area (Å²) in [6.07, 6.45) is 0. The van der Waals surface area contributed by atoms with E-state index in [4.69, 9.17) is 10.5 Å². The molecule has 1 heterocycles. The molecule has 6 heteroatoms. The van der Waals surface area contributed by atoms with Crippen molar-refractivity contribution in [3.63, 3.8) is 0 Å². The molecule has 2 rings (SSSR count). The first kappa shape index (κ1) is 14.9. The van der Waals surface area contributed by atoms with Crippen LogP contribution in [0.25, 0.3) is 0 Å². The third-order valence-corrected chi connectivity index (χ3v) is 4.48. The summed E-state index contributed by atoms with van der Waals surface area (Å²) in [5, 5.41) is 2.10. The predicted molar refractivity (Wildman–Crippen MR) is 86.3 cm³/mol. The molecule has 0 spiro atoms. The molecule has 0 fully saturated rings. The topological polar surface area (TPSA) is 55.6 Å². The van der Waals surface area contributed by atoms with Crippen LogP contribution < -0.4 is 10.6 Å². The Morgan fingerprint density at radius 2 is 2.20 bits per heavy atom. The third-order valence-electron chi connectivity index (χ3n) is 2.92. The number of nitrogen functional groups attached to an aromatic ring is 1. The van der Waals surface area contributed by atoms with Crippen LogP contribution in [0.3, 0.4) is 0 Å². The van der Waals surface area contributed by atoms with Gasteiger partial charge in [0.2, 0.25) is 0 Å². The molecular weight excluding hydrogens is 340 g/mol. The molecule has 0 saturated heterocycles. The van der Waals surface area contributed by atoms with Crippen molar-refractivity contribution in [3.8, 4) is 0 Å². The lowest BCUT2D eigenvalue weighted by molar-refractivity contribution is 0.0602. The number of hydrogen-bond acceptors (Lipinski definition) is 5. The average Bonchev–Trinajstić information content (AvgIpc) is 2.83. The lowest BCUT2D eigenvalue weighted by Gasteiger charge is -2.19. The average molecular weight is 355 g/mol. The molecular formula is C14H15BrN2O2S. The Kier molecular flexibility index (Phi) is 4.67. The van der Waals surface area contributed by atoms with Crippen molar-refractivity contribution >= 4 is 44.6 Å². The summed E-state index contributed by atoms with van der Waals surface area (Å²) in [7, 11) is 3.32. The molecule has 0 aliphatic heterocycles. The summed E-state index contributed by atoms with van der Waals surface area (Å²) in [6.45, 7) is 0.757. The van der Waals surface area contributed by atoms with Crippen molar-refractivity contribution in [3.05, 3.63) is 44.6 Å². The van der Waals surface area contributed by atoms with Gasteiger partial charge in [0, 0.05) is 25.0 Å². The van der Waals surface area contributed by atoms with E-state index in [1.807, 2.05) is 13.1 Å². The molecule has 2 N–H and O–H groups in total. The predicted octanol–water partition coefficient (Wildman–Crippen LogP) is 3.52. The lowest BCUT2D eigenvalue weighted by Crippen LogP contribution is -2.17. The van der Waals surface area contributed by atoms with Crippen molar-refractivity contribution in [1.29, 1.82) is 0 Å². The second-order valence-electron chi connectivity index (χ2n) is 4.38. The number of methoxy groups -OCH3 is 1. The summed E-state index contributed by atoms with van der Waals surface area (Å²) < 4.78 is 5.84. The first-order valence-corrected chi connectivity index (χ1v) is 7.60. The minimum Gasteiger partial charge on any atom is -0.465 e. The number of halogens is 1. The maximum Gasteiger partial charge on any atom is 0.340 e. The molecule has 0 radical (unpaired) electrons. The molecule has 0 aliphatic carbocycles. The van der Waals surface area contributed by atoms with Crippen molar-refractivity contribution in [2.24, 2.45) is 0 Å². The van der Waals surface area contributed by atoms with E-state index >= 15 is 0 Å². The zero-order chi connectivity index (χ0) is 14.7. The van der Waals surface area contributed by atoms with E-state index in [9.17, 15) is 4.79 Å². The number of thiophene rings is 1. The Bertz CT molecular complexity index is 627. The van der Waals surface area contributed by atoms with Gasteiger partial charge >= 0.3 is 5.97 Å². The van der Waals surface area contributed by atoms with Crippen LogP contribution in [0.4, 0.5) is 11.4 Å². The van der Waals surface area contributed by atoms with E-state index in [1.165, 1.54) is 12.7 Å². The standard InChI is InChI=1S/C14H15BrN2O2S/c1-17(7-9-5-13(15)20-8-9)10-3-4-12(16)11(6-10)14(18)19-2/h3-6,8H,7,16H2,1-2H3. The van der Waals surface area contributed by atoms with Gasteiger partial charge in [-0.1, -0.05) is 0 Å². The highest BCUT2D eigenvalue weighted by molar-refractivity contribution is 9.11. The van der Waals surface area contributed by atoms with Gasteiger partial charge < -0.3 is 15.4 Å². The summed E-state index contributed by atoms with van der Waals surface area (Å²) in [4.78, 5) is 13.7. The maximum absolute atomic E-state index is 11.6. The van der Waals surface area contributed by atoms with Crippen LogP contribution in [0.5, 0.6) is 0 Å². The summed E-state index contributed by atoms with van der Waals surface area (Å²) >= 11 is 5.10. The fourth-order valence-electron chi connectivity index (χ4n) is 1.86. The number of carbonyl (C=O) groups is 1. The van der Waals surface area contributed by atoms with Gasteiger partial charge in [0.15, 0.2) is 0 Å². The molecule has 0 unspecified atom stereocenters. The largest absolute Gasteiger partial charge is 0.465 e. The molecule has 20 heavy (non-hydrogen) atoms. The van der Waals surface area contributed by atoms with Crippen molar-refractivity contribution in [2.75, 3.05) is 24.8 Å². The third kappa shape index (κ3) is 3.32. The zero-order valence-electron chi connectivity index (χ0n) is 11.2. The highest BCUT2D eigenvalue weighted by Gasteiger charge is 2.12. The summed E-state index contributed by atoms with van der Waals surface area (Å²) in [6, 6.07) is 7.45. The minimum absolute atomic E-state index is 0.392. The number of nitrogens with two attached hydrogens (primary N) is 1. The van der Waals surface area contributed by atoms with E-state index in [0.29, 0.717) is 11.3 Å². The normalized spacial score (nSPS) is 10.3. The number of hydrogen-bond donors (Lipinski definition) is 1. The molecule has 2 aromatic rings. The molecule has 0 aliphatic rings. The smallest absolute Gasteiger partial charge is 0.340 e. The number of benzene rings is 1. The molecule has 0 atom stereocenters. The first-order chi connectivity index (χ1) is 9.51. The summed E-state index contributed by atoms with van der Waals surface area (Å²) in [5.74, 6) is -0.420. The number of anilines is 2. The molecule has 106 valence electrons. The number of nitrogens with zero attached hydrogens (tertiary/aromatic N) is 1. The van der Waals surface area contributed by atoms with Gasteiger partial charge in [-0.25, -0.2) is 4.79 Å². The van der Waals surface area contributed by atoms with E-state index in [2.05, 4.69) is 32.3 Å². The second kappa shape index (κ2) is 6.28. The fraction of sp³-hybridized carbons (Fsp3) is 0.214. The maximum atomic E-state index is 11.6. The molecule has 0 bridgehead atoms. The number of esters is 1. The van der Waals surface area contributed by atoms with Gasteiger partial charge in [0.1, 0.15) is 0 Å². The van der Waals surface area contributed by atoms with Gasteiger partial charge in [-0.2, -0.15) is 0 Å².